The zero-order valence-corrected chi connectivity index (χ0v) is 11.2. The molecule has 0 saturated heterocycles. The van der Waals surface area contributed by atoms with E-state index in [0.717, 1.165) is 11.5 Å². The van der Waals surface area contributed by atoms with Crippen LogP contribution in [0.1, 0.15) is 18.4 Å². The van der Waals surface area contributed by atoms with Crippen molar-refractivity contribution in [1.82, 2.24) is 10.6 Å². The van der Waals surface area contributed by atoms with Gasteiger partial charge in [-0.25, -0.2) is 4.39 Å². The van der Waals surface area contributed by atoms with E-state index in [0.29, 0.717) is 17.1 Å². The lowest BCUT2D eigenvalue weighted by atomic mass is 10.2. The molecule has 0 radical (unpaired) electrons. The van der Waals surface area contributed by atoms with Crippen molar-refractivity contribution in [3.63, 3.8) is 0 Å². The van der Waals surface area contributed by atoms with Gasteiger partial charge in [-0.2, -0.15) is 0 Å². The number of hydrogen-bond acceptors (Lipinski definition) is 1. The Kier molecular flexibility index (Phi) is 3.99. The standard InChI is InChI=1S/C12H15BrFN3/c1-15-12(17-9-3-4-9)16-7-8-2-5-10(13)11(14)6-8/h2,5-6,9H,3-4,7H2,1H3,(H2,15,16,17). The minimum absolute atomic E-state index is 0.241. The first-order chi connectivity index (χ1) is 8.19. The molecule has 3 nitrogen and oxygen atoms in total. The molecule has 0 unspecified atom stereocenters. The number of nitrogens with one attached hydrogen (secondary N) is 2. The van der Waals surface area contributed by atoms with Crippen LogP contribution in [-0.2, 0) is 6.54 Å². The van der Waals surface area contributed by atoms with Gasteiger partial charge in [-0.1, -0.05) is 6.07 Å². The third-order valence-electron chi connectivity index (χ3n) is 2.59. The summed E-state index contributed by atoms with van der Waals surface area (Å²) in [6, 6.07) is 5.66. The average molecular weight is 300 g/mol. The Bertz CT molecular complexity index is 430. The van der Waals surface area contributed by atoms with E-state index in [4.69, 9.17) is 0 Å². The molecule has 1 aliphatic carbocycles. The summed E-state index contributed by atoms with van der Waals surface area (Å²) in [6.07, 6.45) is 2.40. The lowest BCUT2D eigenvalue weighted by Gasteiger charge is -2.11. The third-order valence-corrected chi connectivity index (χ3v) is 3.23. The molecule has 0 atom stereocenters. The molecular weight excluding hydrogens is 285 g/mol. The summed E-state index contributed by atoms with van der Waals surface area (Å²) >= 11 is 3.13. The van der Waals surface area contributed by atoms with Crippen molar-refractivity contribution in [1.29, 1.82) is 0 Å². The molecule has 1 saturated carbocycles. The lowest BCUT2D eigenvalue weighted by Crippen LogP contribution is -2.38. The molecule has 0 spiro atoms. The van der Waals surface area contributed by atoms with Crippen molar-refractivity contribution in [3.05, 3.63) is 34.1 Å². The summed E-state index contributed by atoms with van der Waals surface area (Å²) in [7, 11) is 1.74. The Labute approximate surface area is 109 Å². The number of nitrogens with zero attached hydrogens (tertiary/aromatic N) is 1. The lowest BCUT2D eigenvalue weighted by molar-refractivity contribution is 0.617. The maximum atomic E-state index is 13.3. The van der Waals surface area contributed by atoms with Crippen LogP contribution in [0.3, 0.4) is 0 Å². The molecule has 1 aromatic rings. The van der Waals surface area contributed by atoms with Gasteiger partial charge < -0.3 is 10.6 Å². The number of benzene rings is 1. The highest BCUT2D eigenvalue weighted by Gasteiger charge is 2.21. The first kappa shape index (κ1) is 12.4. The topological polar surface area (TPSA) is 36.4 Å². The third kappa shape index (κ3) is 3.70. The first-order valence-corrected chi connectivity index (χ1v) is 6.39. The summed E-state index contributed by atoms with van der Waals surface area (Å²) in [4.78, 5) is 4.11. The van der Waals surface area contributed by atoms with Gasteiger partial charge in [-0.3, -0.25) is 4.99 Å². The first-order valence-electron chi connectivity index (χ1n) is 5.60. The molecule has 5 heteroatoms. The van der Waals surface area contributed by atoms with Crippen molar-refractivity contribution in [2.45, 2.75) is 25.4 Å². The minimum Gasteiger partial charge on any atom is -0.354 e. The molecule has 0 amide bonds. The molecule has 0 aliphatic heterocycles. The van der Waals surface area contributed by atoms with Crippen LogP contribution < -0.4 is 10.6 Å². The van der Waals surface area contributed by atoms with E-state index in [1.807, 2.05) is 6.07 Å². The maximum absolute atomic E-state index is 13.3. The van der Waals surface area contributed by atoms with Crippen LogP contribution in [0.4, 0.5) is 4.39 Å². The molecule has 92 valence electrons. The van der Waals surface area contributed by atoms with Crippen molar-refractivity contribution in [2.75, 3.05) is 7.05 Å². The van der Waals surface area contributed by atoms with E-state index < -0.39 is 0 Å². The van der Waals surface area contributed by atoms with E-state index in [9.17, 15) is 4.39 Å². The van der Waals surface area contributed by atoms with Gasteiger partial charge in [0, 0.05) is 19.6 Å². The van der Waals surface area contributed by atoms with Gasteiger partial charge >= 0.3 is 0 Å². The maximum Gasteiger partial charge on any atom is 0.191 e. The molecule has 0 heterocycles. The zero-order valence-electron chi connectivity index (χ0n) is 9.63. The minimum atomic E-state index is -0.241. The smallest absolute Gasteiger partial charge is 0.191 e. The highest BCUT2D eigenvalue weighted by Crippen LogP contribution is 2.18. The van der Waals surface area contributed by atoms with Crippen molar-refractivity contribution in [2.24, 2.45) is 4.99 Å². The van der Waals surface area contributed by atoms with E-state index in [1.165, 1.54) is 18.9 Å². The number of guanidine groups is 1. The van der Waals surface area contributed by atoms with Gasteiger partial charge in [0.25, 0.3) is 0 Å². The summed E-state index contributed by atoms with van der Waals surface area (Å²) in [5, 5.41) is 6.43. The second-order valence-electron chi connectivity index (χ2n) is 4.09. The summed E-state index contributed by atoms with van der Waals surface area (Å²) in [5.74, 6) is 0.533. The second-order valence-corrected chi connectivity index (χ2v) is 4.95. The van der Waals surface area contributed by atoms with Crippen LogP contribution in [-0.4, -0.2) is 19.0 Å². The van der Waals surface area contributed by atoms with Crippen molar-refractivity contribution >= 4 is 21.9 Å². The van der Waals surface area contributed by atoms with E-state index >= 15 is 0 Å². The summed E-state index contributed by atoms with van der Waals surface area (Å²) in [6.45, 7) is 0.566. The van der Waals surface area contributed by atoms with E-state index in [2.05, 4.69) is 31.6 Å². The molecule has 0 aromatic heterocycles. The Balaban J connectivity index is 1.89. The molecule has 2 rings (SSSR count). The number of rotatable bonds is 3. The SMILES string of the molecule is CN=C(NCc1ccc(Br)c(F)c1)NC1CC1. The van der Waals surface area contributed by atoms with Gasteiger partial charge in [0.2, 0.25) is 0 Å². The molecule has 17 heavy (non-hydrogen) atoms. The van der Waals surface area contributed by atoms with Crippen molar-refractivity contribution < 1.29 is 4.39 Å². The number of halogens is 2. The van der Waals surface area contributed by atoms with Crippen LogP contribution >= 0.6 is 15.9 Å². The molecular formula is C12H15BrFN3. The predicted octanol–water partition coefficient (Wildman–Crippen LogP) is 2.42. The normalized spacial score (nSPS) is 15.8. The molecule has 0 bridgehead atoms. The van der Waals surface area contributed by atoms with Crippen molar-refractivity contribution in [3.8, 4) is 0 Å². The number of hydrogen-bond donors (Lipinski definition) is 2. The molecule has 1 aliphatic rings. The Morgan fingerprint density at radius 3 is 2.88 bits per heavy atom. The summed E-state index contributed by atoms with van der Waals surface area (Å²) < 4.78 is 13.8. The summed E-state index contributed by atoms with van der Waals surface area (Å²) in [5.41, 5.74) is 0.893. The average Bonchev–Trinajstić information content (AvgIpc) is 3.12. The van der Waals surface area contributed by atoms with Gasteiger partial charge in [0.15, 0.2) is 5.96 Å². The van der Waals surface area contributed by atoms with Crippen LogP contribution in [0.25, 0.3) is 0 Å². The fourth-order valence-electron chi connectivity index (χ4n) is 1.45. The monoisotopic (exact) mass is 299 g/mol. The predicted molar refractivity (Wildman–Crippen MR) is 70.5 cm³/mol. The number of aliphatic imine (C=N–C) groups is 1. The van der Waals surface area contributed by atoms with E-state index in [1.54, 1.807) is 13.1 Å². The Morgan fingerprint density at radius 1 is 1.53 bits per heavy atom. The fourth-order valence-corrected chi connectivity index (χ4v) is 1.70. The quantitative estimate of drug-likeness (QED) is 0.664. The van der Waals surface area contributed by atoms with Crippen LogP contribution in [0.2, 0.25) is 0 Å². The second kappa shape index (κ2) is 5.49. The molecule has 2 N–H and O–H groups in total. The molecule has 1 aromatic carbocycles. The van der Waals surface area contributed by atoms with Crippen LogP contribution in [0.5, 0.6) is 0 Å². The molecule has 1 fully saturated rings. The zero-order chi connectivity index (χ0) is 12.3. The van der Waals surface area contributed by atoms with Gasteiger partial charge in [-0.15, -0.1) is 0 Å². The van der Waals surface area contributed by atoms with E-state index in [-0.39, 0.29) is 5.82 Å². The largest absolute Gasteiger partial charge is 0.354 e. The fraction of sp³-hybridized carbons (Fsp3) is 0.417. The highest BCUT2D eigenvalue weighted by molar-refractivity contribution is 9.10. The van der Waals surface area contributed by atoms with Crippen LogP contribution in [0, 0.1) is 5.82 Å². The van der Waals surface area contributed by atoms with Gasteiger partial charge in [0.1, 0.15) is 5.82 Å². The van der Waals surface area contributed by atoms with Gasteiger partial charge in [-0.05, 0) is 46.5 Å². The Morgan fingerprint density at radius 2 is 2.29 bits per heavy atom. The van der Waals surface area contributed by atoms with Gasteiger partial charge in [0.05, 0.1) is 4.47 Å². The van der Waals surface area contributed by atoms with Crippen LogP contribution in [0.15, 0.2) is 27.7 Å². The Hall–Kier alpha value is -1.10. The highest BCUT2D eigenvalue weighted by atomic mass is 79.9.